The maximum atomic E-state index is 12.5. The fraction of sp³-hybridized carbons (Fsp3) is 0.435. The van der Waals surface area contributed by atoms with Crippen LogP contribution in [0.3, 0.4) is 0 Å². The highest BCUT2D eigenvalue weighted by Crippen LogP contribution is 2.31. The Morgan fingerprint density at radius 1 is 1.14 bits per heavy atom. The summed E-state index contributed by atoms with van der Waals surface area (Å²) in [4.78, 5) is 13.8. The van der Waals surface area contributed by atoms with Crippen LogP contribution in [0.25, 0.3) is 0 Å². The summed E-state index contributed by atoms with van der Waals surface area (Å²) in [6.07, 6.45) is 4.11. The monoisotopic (exact) mass is 383 g/mol. The normalized spacial score (nSPS) is 18.6. The molecule has 0 radical (unpaired) electrons. The van der Waals surface area contributed by atoms with E-state index in [-0.39, 0.29) is 11.9 Å². The van der Waals surface area contributed by atoms with E-state index >= 15 is 0 Å². The molecular formula is C23H31N2O3+. The summed E-state index contributed by atoms with van der Waals surface area (Å²) in [5.74, 6) is 1.82. The lowest BCUT2D eigenvalue weighted by Crippen LogP contribution is -3.11. The third-order valence-corrected chi connectivity index (χ3v) is 5.49. The van der Waals surface area contributed by atoms with E-state index in [0.717, 1.165) is 49.3 Å². The van der Waals surface area contributed by atoms with Gasteiger partial charge in [-0.15, -0.1) is 0 Å². The molecule has 1 saturated heterocycles. The number of aryl methyl sites for hydroxylation is 1. The lowest BCUT2D eigenvalue weighted by Gasteiger charge is -2.23. The fourth-order valence-electron chi connectivity index (χ4n) is 4.04. The number of likely N-dealkylation sites (tertiary alicyclic amines) is 1. The summed E-state index contributed by atoms with van der Waals surface area (Å²) in [6.45, 7) is 2.22. The highest BCUT2D eigenvalue weighted by atomic mass is 16.5. The number of nitrogens with one attached hydrogen (secondary N) is 2. The third-order valence-electron chi connectivity index (χ3n) is 5.49. The number of carbonyl (C=O) groups excluding carboxylic acids is 1. The Morgan fingerprint density at radius 2 is 1.96 bits per heavy atom. The number of rotatable bonds is 9. The minimum atomic E-state index is 0.122. The van der Waals surface area contributed by atoms with Gasteiger partial charge < -0.3 is 19.7 Å². The predicted molar refractivity (Wildman–Crippen MR) is 110 cm³/mol. The minimum Gasteiger partial charge on any atom is -0.497 e. The van der Waals surface area contributed by atoms with Crippen LogP contribution in [-0.4, -0.2) is 39.8 Å². The van der Waals surface area contributed by atoms with Crippen molar-refractivity contribution in [2.24, 2.45) is 0 Å². The van der Waals surface area contributed by atoms with E-state index in [1.54, 1.807) is 14.2 Å². The molecule has 1 unspecified atom stereocenters. The molecule has 1 aliphatic rings. The first kappa shape index (κ1) is 20.2. The molecule has 3 rings (SSSR count). The Balaban J connectivity index is 1.52. The fourth-order valence-corrected chi connectivity index (χ4v) is 4.04. The van der Waals surface area contributed by atoms with Gasteiger partial charge in [-0.2, -0.15) is 0 Å². The highest BCUT2D eigenvalue weighted by molar-refractivity contribution is 5.76. The maximum Gasteiger partial charge on any atom is 0.275 e. The topological polar surface area (TPSA) is 52.0 Å². The van der Waals surface area contributed by atoms with E-state index in [2.05, 4.69) is 29.6 Å². The number of quaternary nitrogens is 1. The molecule has 1 heterocycles. The van der Waals surface area contributed by atoms with E-state index in [0.29, 0.717) is 13.1 Å². The molecule has 1 aliphatic heterocycles. The Labute approximate surface area is 167 Å². The van der Waals surface area contributed by atoms with Gasteiger partial charge in [-0.25, -0.2) is 0 Å². The number of ether oxygens (including phenoxy) is 2. The second kappa shape index (κ2) is 10.1. The van der Waals surface area contributed by atoms with Gasteiger partial charge in [0.25, 0.3) is 5.91 Å². The Hall–Kier alpha value is -2.53. The molecule has 1 fully saturated rings. The molecule has 0 bridgehead atoms. The lowest BCUT2D eigenvalue weighted by atomic mass is 10.0. The van der Waals surface area contributed by atoms with Crippen LogP contribution in [0.2, 0.25) is 0 Å². The second-order valence-electron chi connectivity index (χ2n) is 7.33. The maximum absolute atomic E-state index is 12.5. The van der Waals surface area contributed by atoms with Gasteiger partial charge in [0.2, 0.25) is 0 Å². The molecule has 1 amide bonds. The summed E-state index contributed by atoms with van der Waals surface area (Å²) >= 11 is 0. The molecule has 5 heteroatoms. The van der Waals surface area contributed by atoms with Crippen molar-refractivity contribution in [2.75, 3.05) is 33.9 Å². The van der Waals surface area contributed by atoms with Crippen LogP contribution >= 0.6 is 0 Å². The number of methoxy groups -OCH3 is 2. The van der Waals surface area contributed by atoms with E-state index in [1.807, 2.05) is 24.3 Å². The Kier molecular flexibility index (Phi) is 7.31. The number of hydrogen-bond donors (Lipinski definition) is 2. The van der Waals surface area contributed by atoms with Gasteiger partial charge in [0.05, 0.1) is 26.3 Å². The van der Waals surface area contributed by atoms with Gasteiger partial charge >= 0.3 is 0 Å². The largest absolute Gasteiger partial charge is 0.497 e. The van der Waals surface area contributed by atoms with Gasteiger partial charge in [-0.3, -0.25) is 4.79 Å². The first-order chi connectivity index (χ1) is 13.7. The van der Waals surface area contributed by atoms with Crippen molar-refractivity contribution in [3.8, 4) is 11.5 Å². The van der Waals surface area contributed by atoms with Crippen molar-refractivity contribution in [1.29, 1.82) is 0 Å². The molecule has 0 aromatic heterocycles. The van der Waals surface area contributed by atoms with Gasteiger partial charge in [0.15, 0.2) is 6.54 Å². The molecule has 2 N–H and O–H groups in total. The van der Waals surface area contributed by atoms with Crippen molar-refractivity contribution in [3.05, 3.63) is 59.7 Å². The van der Waals surface area contributed by atoms with Crippen molar-refractivity contribution in [3.63, 3.8) is 0 Å². The highest BCUT2D eigenvalue weighted by Gasteiger charge is 2.33. The summed E-state index contributed by atoms with van der Waals surface area (Å²) < 4.78 is 11.0. The quantitative estimate of drug-likeness (QED) is 0.653. The zero-order valence-electron chi connectivity index (χ0n) is 16.9. The average Bonchev–Trinajstić information content (AvgIpc) is 3.19. The minimum absolute atomic E-state index is 0.122. The van der Waals surface area contributed by atoms with E-state index < -0.39 is 0 Å². The molecule has 5 nitrogen and oxygen atoms in total. The van der Waals surface area contributed by atoms with E-state index in [4.69, 9.17) is 9.47 Å². The summed E-state index contributed by atoms with van der Waals surface area (Å²) in [7, 11) is 3.37. The van der Waals surface area contributed by atoms with Crippen LogP contribution in [0, 0.1) is 0 Å². The molecule has 0 aliphatic carbocycles. The average molecular weight is 384 g/mol. The molecule has 2 aromatic carbocycles. The van der Waals surface area contributed by atoms with Gasteiger partial charge in [0.1, 0.15) is 17.5 Å². The summed E-state index contributed by atoms with van der Waals surface area (Å²) in [5.41, 5.74) is 2.44. The number of carbonyl (C=O) groups is 1. The van der Waals surface area contributed by atoms with Gasteiger partial charge in [0, 0.05) is 19.4 Å². The van der Waals surface area contributed by atoms with Crippen LogP contribution in [0.5, 0.6) is 11.5 Å². The number of hydrogen-bond acceptors (Lipinski definition) is 3. The zero-order valence-corrected chi connectivity index (χ0v) is 16.9. The first-order valence-electron chi connectivity index (χ1n) is 10.1. The van der Waals surface area contributed by atoms with E-state index in [9.17, 15) is 4.79 Å². The molecule has 28 heavy (non-hydrogen) atoms. The van der Waals surface area contributed by atoms with E-state index in [1.165, 1.54) is 10.5 Å². The predicted octanol–water partition coefficient (Wildman–Crippen LogP) is 2.17. The molecule has 2 aromatic rings. The van der Waals surface area contributed by atoms with Gasteiger partial charge in [-0.1, -0.05) is 30.3 Å². The first-order valence-corrected chi connectivity index (χ1v) is 10.1. The molecule has 2 atom stereocenters. The SMILES string of the molecule is COc1ccc(OC)c([C@@H]2CCC[NH+]2CC(=O)NCCCc2ccccc2)c1. The van der Waals surface area contributed by atoms with Crippen LogP contribution in [-0.2, 0) is 11.2 Å². The van der Waals surface area contributed by atoms with Gasteiger partial charge in [-0.05, 0) is 36.6 Å². The molecule has 0 spiro atoms. The standard InChI is InChI=1S/C23H30N2O3/c1-27-19-12-13-22(28-2)20(16-19)21-11-7-15-25(21)17-23(26)24-14-6-10-18-8-4-3-5-9-18/h3-5,8-9,12-13,16,21H,6-7,10-11,14-15,17H2,1-2H3,(H,24,26)/p+1/t21-/m0/s1. The van der Waals surface area contributed by atoms with Crippen molar-refractivity contribution in [1.82, 2.24) is 5.32 Å². The molecular weight excluding hydrogens is 352 g/mol. The van der Waals surface area contributed by atoms with Crippen LogP contribution in [0.15, 0.2) is 48.5 Å². The van der Waals surface area contributed by atoms with Crippen molar-refractivity contribution >= 4 is 5.91 Å². The Morgan fingerprint density at radius 3 is 2.71 bits per heavy atom. The third kappa shape index (κ3) is 5.26. The van der Waals surface area contributed by atoms with Crippen LogP contribution in [0.4, 0.5) is 0 Å². The molecule has 150 valence electrons. The Bertz CT molecular complexity index is 764. The van der Waals surface area contributed by atoms with Crippen molar-refractivity contribution in [2.45, 2.75) is 31.7 Å². The van der Waals surface area contributed by atoms with Crippen molar-refractivity contribution < 1.29 is 19.2 Å². The summed E-state index contributed by atoms with van der Waals surface area (Å²) in [5, 5.41) is 3.09. The number of benzene rings is 2. The zero-order chi connectivity index (χ0) is 19.8. The number of amides is 1. The molecule has 0 saturated carbocycles. The second-order valence-corrected chi connectivity index (χ2v) is 7.33. The summed E-state index contributed by atoms with van der Waals surface area (Å²) in [6, 6.07) is 16.6. The smallest absolute Gasteiger partial charge is 0.275 e. The van der Waals surface area contributed by atoms with Crippen LogP contribution < -0.4 is 19.7 Å². The van der Waals surface area contributed by atoms with Crippen LogP contribution in [0.1, 0.15) is 36.4 Å². The lowest BCUT2D eigenvalue weighted by molar-refractivity contribution is -0.910.